The predicted molar refractivity (Wildman–Crippen MR) is 112 cm³/mol. The number of nitrogens with zero attached hydrogens (tertiary/aromatic N) is 3. The number of halogens is 3. The van der Waals surface area contributed by atoms with E-state index in [1.165, 1.54) is 4.90 Å². The van der Waals surface area contributed by atoms with Crippen LogP contribution in [-0.2, 0) is 19.6 Å². The van der Waals surface area contributed by atoms with E-state index in [0.29, 0.717) is 24.3 Å². The van der Waals surface area contributed by atoms with Crippen LogP contribution in [0, 0.1) is 0 Å². The molecule has 0 spiro atoms. The number of thioether (sulfide) groups is 1. The molecule has 2 heterocycles. The molecule has 2 aromatic carbocycles. The average molecular weight is 432 g/mol. The van der Waals surface area contributed by atoms with Crippen molar-refractivity contribution in [3.63, 3.8) is 0 Å². The van der Waals surface area contributed by atoms with Gasteiger partial charge in [0.2, 0.25) is 0 Å². The Morgan fingerprint density at radius 3 is 2.70 bits per heavy atom. The van der Waals surface area contributed by atoms with Gasteiger partial charge in [-0.2, -0.15) is 13.2 Å². The number of amides is 2. The van der Waals surface area contributed by atoms with Crippen molar-refractivity contribution in [2.75, 3.05) is 23.0 Å². The summed E-state index contributed by atoms with van der Waals surface area (Å²) in [5, 5.41) is 2.80. The minimum Gasteiger partial charge on any atom is -0.334 e. The number of hydrogen-bond donors (Lipinski definition) is 1. The number of anilines is 2. The van der Waals surface area contributed by atoms with Crippen LogP contribution in [0.5, 0.6) is 0 Å². The Morgan fingerprint density at radius 2 is 2.03 bits per heavy atom. The number of imidazole rings is 1. The van der Waals surface area contributed by atoms with Gasteiger partial charge in [0, 0.05) is 35.4 Å². The lowest BCUT2D eigenvalue weighted by molar-refractivity contribution is -0.139. The Bertz CT molecular complexity index is 1110. The van der Waals surface area contributed by atoms with Gasteiger partial charge < -0.3 is 9.88 Å². The molecule has 0 unspecified atom stereocenters. The third-order valence-corrected chi connectivity index (χ3v) is 5.85. The standard InChI is InChI=1S/C21H19F3N4OS/c1-27-12-25-11-18(27)13-4-3-5-15(8-13)26-20(29)28-7-6-14-9-19(30-2)16(10-17(14)28)21(22,23)24/h3-5,8-12H,6-7H2,1-2H3,(H,26,29). The van der Waals surface area contributed by atoms with E-state index in [4.69, 9.17) is 0 Å². The highest BCUT2D eigenvalue weighted by molar-refractivity contribution is 7.98. The second-order valence-electron chi connectivity index (χ2n) is 6.98. The Kier molecular flexibility index (Phi) is 5.23. The number of nitrogens with one attached hydrogen (secondary N) is 1. The number of alkyl halides is 3. The number of benzene rings is 2. The summed E-state index contributed by atoms with van der Waals surface area (Å²) in [5.74, 6) is 0. The Labute approximate surface area is 175 Å². The zero-order valence-corrected chi connectivity index (χ0v) is 17.1. The maximum atomic E-state index is 13.5. The fourth-order valence-electron chi connectivity index (χ4n) is 3.60. The lowest BCUT2D eigenvalue weighted by atomic mass is 10.1. The Morgan fingerprint density at radius 1 is 1.23 bits per heavy atom. The van der Waals surface area contributed by atoms with Crippen LogP contribution in [0.4, 0.5) is 29.3 Å². The summed E-state index contributed by atoms with van der Waals surface area (Å²) in [6.45, 7) is 0.331. The second kappa shape index (κ2) is 7.71. The third-order valence-electron chi connectivity index (χ3n) is 5.07. The summed E-state index contributed by atoms with van der Waals surface area (Å²) < 4.78 is 42.2. The van der Waals surface area contributed by atoms with E-state index in [9.17, 15) is 18.0 Å². The van der Waals surface area contributed by atoms with Crippen molar-refractivity contribution >= 4 is 29.2 Å². The van der Waals surface area contributed by atoms with Crippen LogP contribution < -0.4 is 10.2 Å². The maximum absolute atomic E-state index is 13.5. The van der Waals surface area contributed by atoms with Crippen LogP contribution in [0.15, 0.2) is 53.8 Å². The summed E-state index contributed by atoms with van der Waals surface area (Å²) in [5.41, 5.74) is 2.65. The van der Waals surface area contributed by atoms with E-state index < -0.39 is 17.8 Å². The molecule has 4 rings (SSSR count). The lowest BCUT2D eigenvalue weighted by Gasteiger charge is -2.20. The third kappa shape index (κ3) is 3.77. The van der Waals surface area contributed by atoms with Crippen LogP contribution >= 0.6 is 11.8 Å². The smallest absolute Gasteiger partial charge is 0.334 e. The van der Waals surface area contributed by atoms with Gasteiger partial charge in [0.25, 0.3) is 0 Å². The van der Waals surface area contributed by atoms with Gasteiger partial charge in [-0.15, -0.1) is 11.8 Å². The van der Waals surface area contributed by atoms with Crippen molar-refractivity contribution in [1.29, 1.82) is 0 Å². The van der Waals surface area contributed by atoms with Crippen LogP contribution in [0.1, 0.15) is 11.1 Å². The minimum absolute atomic E-state index is 0.174. The molecule has 1 N–H and O–H groups in total. The molecule has 0 saturated heterocycles. The molecule has 0 radical (unpaired) electrons. The monoisotopic (exact) mass is 432 g/mol. The van der Waals surface area contributed by atoms with Gasteiger partial charge >= 0.3 is 12.2 Å². The maximum Gasteiger partial charge on any atom is 0.417 e. The van der Waals surface area contributed by atoms with Gasteiger partial charge in [0.15, 0.2) is 0 Å². The zero-order valence-electron chi connectivity index (χ0n) is 16.3. The van der Waals surface area contributed by atoms with Crippen molar-refractivity contribution in [3.05, 3.63) is 60.0 Å². The van der Waals surface area contributed by atoms with E-state index in [-0.39, 0.29) is 4.90 Å². The topological polar surface area (TPSA) is 50.2 Å². The molecule has 1 aliphatic heterocycles. The van der Waals surface area contributed by atoms with Gasteiger partial charge in [-0.05, 0) is 42.5 Å². The molecule has 1 aliphatic rings. The quantitative estimate of drug-likeness (QED) is 0.562. The molecule has 0 fully saturated rings. The minimum atomic E-state index is -4.48. The molecule has 5 nitrogen and oxygen atoms in total. The number of aromatic nitrogens is 2. The number of urea groups is 1. The van der Waals surface area contributed by atoms with Gasteiger partial charge in [-0.1, -0.05) is 12.1 Å². The first kappa shape index (κ1) is 20.3. The normalized spacial score (nSPS) is 13.4. The molecule has 9 heteroatoms. The molecule has 0 bridgehead atoms. The van der Waals surface area contributed by atoms with Gasteiger partial charge in [0.05, 0.1) is 23.8 Å². The molecule has 0 saturated carbocycles. The molecular formula is C21H19F3N4OS. The van der Waals surface area contributed by atoms with Gasteiger partial charge in [0.1, 0.15) is 0 Å². The van der Waals surface area contributed by atoms with E-state index in [2.05, 4.69) is 10.3 Å². The number of aryl methyl sites for hydroxylation is 1. The highest BCUT2D eigenvalue weighted by Gasteiger charge is 2.36. The SMILES string of the molecule is CSc1cc2c(cc1C(F)(F)F)N(C(=O)Nc1cccc(-c3cncn3C)c1)CC2. The lowest BCUT2D eigenvalue weighted by Crippen LogP contribution is -2.33. The number of carbonyl (C=O) groups is 1. The molecule has 3 aromatic rings. The summed E-state index contributed by atoms with van der Waals surface area (Å²) in [4.78, 5) is 18.5. The predicted octanol–water partition coefficient (Wildman–Crippen LogP) is 5.42. The largest absolute Gasteiger partial charge is 0.417 e. The van der Waals surface area contributed by atoms with Crippen molar-refractivity contribution in [2.45, 2.75) is 17.5 Å². The molecule has 156 valence electrons. The highest BCUT2D eigenvalue weighted by Crippen LogP contribution is 2.42. The number of fused-ring (bicyclic) bond motifs is 1. The summed E-state index contributed by atoms with van der Waals surface area (Å²) in [6.07, 6.45) is 1.06. The summed E-state index contributed by atoms with van der Waals surface area (Å²) in [7, 11) is 1.87. The summed E-state index contributed by atoms with van der Waals surface area (Å²) in [6, 6.07) is 9.43. The fraction of sp³-hybridized carbons (Fsp3) is 0.238. The summed E-state index contributed by atoms with van der Waals surface area (Å²) >= 11 is 1.06. The molecular weight excluding hydrogens is 413 g/mol. The molecule has 30 heavy (non-hydrogen) atoms. The van der Waals surface area contributed by atoms with E-state index in [1.807, 2.05) is 29.8 Å². The van der Waals surface area contributed by atoms with Gasteiger partial charge in [-0.25, -0.2) is 9.78 Å². The van der Waals surface area contributed by atoms with E-state index in [0.717, 1.165) is 34.6 Å². The van der Waals surface area contributed by atoms with E-state index >= 15 is 0 Å². The second-order valence-corrected chi connectivity index (χ2v) is 7.83. The van der Waals surface area contributed by atoms with Crippen molar-refractivity contribution < 1.29 is 18.0 Å². The molecule has 2 amide bonds. The van der Waals surface area contributed by atoms with Crippen molar-refractivity contribution in [3.8, 4) is 11.3 Å². The van der Waals surface area contributed by atoms with Crippen LogP contribution in [0.2, 0.25) is 0 Å². The first-order chi connectivity index (χ1) is 14.3. The Balaban J connectivity index is 1.60. The van der Waals surface area contributed by atoms with Gasteiger partial charge in [-0.3, -0.25) is 4.90 Å². The molecule has 0 atom stereocenters. The van der Waals surface area contributed by atoms with Crippen molar-refractivity contribution in [2.24, 2.45) is 7.05 Å². The zero-order chi connectivity index (χ0) is 21.5. The molecule has 0 aliphatic carbocycles. The van der Waals surface area contributed by atoms with Crippen LogP contribution in [0.25, 0.3) is 11.3 Å². The van der Waals surface area contributed by atoms with Crippen LogP contribution in [-0.4, -0.2) is 28.4 Å². The Hall–Kier alpha value is -2.94. The number of rotatable bonds is 3. The average Bonchev–Trinajstić information content (AvgIpc) is 3.32. The van der Waals surface area contributed by atoms with Crippen molar-refractivity contribution in [1.82, 2.24) is 9.55 Å². The van der Waals surface area contributed by atoms with Crippen LogP contribution in [0.3, 0.4) is 0 Å². The number of carbonyl (C=O) groups excluding carboxylic acids is 1. The molecule has 1 aromatic heterocycles. The van der Waals surface area contributed by atoms with E-state index in [1.54, 1.807) is 30.9 Å². The number of hydrogen-bond acceptors (Lipinski definition) is 3. The first-order valence-corrected chi connectivity index (χ1v) is 10.4. The highest BCUT2D eigenvalue weighted by atomic mass is 32.2. The first-order valence-electron chi connectivity index (χ1n) is 9.21. The fourth-order valence-corrected chi connectivity index (χ4v) is 4.25.